The van der Waals surface area contributed by atoms with Crippen LogP contribution in [-0.2, 0) is 5.41 Å². The lowest BCUT2D eigenvalue weighted by atomic mass is 9.83. The molecule has 0 saturated carbocycles. The third-order valence-corrected chi connectivity index (χ3v) is 10.1. The maximum absolute atomic E-state index is 6.68. The molecule has 0 aliphatic rings. The molecule has 9 rings (SSSR count). The zero-order valence-corrected chi connectivity index (χ0v) is 29.7. The molecule has 1 heterocycles. The quantitative estimate of drug-likeness (QED) is 0.164. The Morgan fingerprint density at radius 2 is 1.04 bits per heavy atom. The number of nitrogens with zero attached hydrogens (tertiary/aromatic N) is 1. The molecule has 0 aliphatic carbocycles. The highest BCUT2D eigenvalue weighted by Gasteiger charge is 2.27. The van der Waals surface area contributed by atoms with E-state index in [0.717, 1.165) is 45.1 Å². The molecule has 0 spiro atoms. The lowest BCUT2D eigenvalue weighted by Gasteiger charge is -2.29. The highest BCUT2D eigenvalue weighted by Crippen LogP contribution is 2.46. The molecular weight excluding hydrogens is 631 g/mol. The van der Waals surface area contributed by atoms with Gasteiger partial charge in [0.05, 0.1) is 5.69 Å². The minimum absolute atomic E-state index is 0.114. The van der Waals surface area contributed by atoms with Gasteiger partial charge < -0.3 is 9.32 Å². The summed E-state index contributed by atoms with van der Waals surface area (Å²) in [6.07, 6.45) is 0. The van der Waals surface area contributed by atoms with Gasteiger partial charge in [-0.25, -0.2) is 0 Å². The number of hydrogen-bond acceptors (Lipinski definition) is 2. The van der Waals surface area contributed by atoms with E-state index < -0.39 is 0 Å². The number of benzene rings is 8. The van der Waals surface area contributed by atoms with Crippen LogP contribution < -0.4 is 4.90 Å². The Morgan fingerprint density at radius 1 is 0.423 bits per heavy atom. The molecule has 0 aliphatic heterocycles. The van der Waals surface area contributed by atoms with Gasteiger partial charge in [-0.1, -0.05) is 166 Å². The lowest BCUT2D eigenvalue weighted by Crippen LogP contribution is -2.12. The Labute approximate surface area is 305 Å². The summed E-state index contributed by atoms with van der Waals surface area (Å²) in [5, 5.41) is 6.13. The average Bonchev–Trinajstić information content (AvgIpc) is 3.60. The molecule has 0 atom stereocenters. The monoisotopic (exact) mass is 669 g/mol. The zero-order valence-electron chi connectivity index (χ0n) is 29.7. The van der Waals surface area contributed by atoms with E-state index in [-0.39, 0.29) is 5.41 Å². The number of furan rings is 1. The van der Waals surface area contributed by atoms with E-state index in [9.17, 15) is 0 Å². The van der Waals surface area contributed by atoms with E-state index in [2.05, 4.69) is 202 Å². The van der Waals surface area contributed by atoms with E-state index in [1.807, 2.05) is 6.07 Å². The van der Waals surface area contributed by atoms with E-state index in [0.29, 0.717) is 0 Å². The highest BCUT2D eigenvalue weighted by molar-refractivity contribution is 6.09. The molecule has 1 aromatic heterocycles. The minimum Gasteiger partial charge on any atom is -0.456 e. The van der Waals surface area contributed by atoms with Crippen molar-refractivity contribution in [1.29, 1.82) is 0 Å². The second-order valence-corrected chi connectivity index (χ2v) is 14.6. The molecule has 0 bridgehead atoms. The van der Waals surface area contributed by atoms with E-state index in [1.54, 1.807) is 0 Å². The molecule has 2 heteroatoms. The Morgan fingerprint density at radius 3 is 1.87 bits per heavy atom. The Bertz CT molecular complexity index is 2710. The molecule has 0 amide bonds. The van der Waals surface area contributed by atoms with Crippen molar-refractivity contribution in [3.63, 3.8) is 0 Å². The van der Waals surface area contributed by atoms with Gasteiger partial charge in [-0.2, -0.15) is 0 Å². The van der Waals surface area contributed by atoms with Crippen LogP contribution in [0.1, 0.15) is 26.3 Å². The fourth-order valence-electron chi connectivity index (χ4n) is 7.73. The summed E-state index contributed by atoms with van der Waals surface area (Å²) in [5.74, 6) is 0.922. The van der Waals surface area contributed by atoms with Gasteiger partial charge in [0.1, 0.15) is 11.3 Å². The summed E-state index contributed by atoms with van der Waals surface area (Å²) in [6, 6.07) is 65.4. The van der Waals surface area contributed by atoms with Crippen LogP contribution in [0.15, 0.2) is 186 Å². The second kappa shape index (κ2) is 12.7. The standard InChI is InChI=1S/C50H39NO/c1-50(2,3)48-45-21-10-12-23-47(45)52-49(48)39-17-13-18-40(33-39)51(41-30-31-43-38(32-41)29-28-36-16-7-8-19-42(36)43)46-22-11-9-20-44(46)37-26-24-35(25-27-37)34-14-5-4-6-15-34/h4-33H,1-3H3. The van der Waals surface area contributed by atoms with E-state index in [4.69, 9.17) is 4.42 Å². The number of rotatable bonds is 6. The Balaban J connectivity index is 1.24. The largest absolute Gasteiger partial charge is 0.456 e. The van der Waals surface area contributed by atoms with Gasteiger partial charge in [-0.05, 0) is 80.0 Å². The lowest BCUT2D eigenvalue weighted by molar-refractivity contribution is 0.568. The molecule has 250 valence electrons. The fraction of sp³-hybridized carbons (Fsp3) is 0.0800. The van der Waals surface area contributed by atoms with Crippen molar-refractivity contribution in [1.82, 2.24) is 0 Å². The van der Waals surface area contributed by atoms with Crippen LogP contribution in [0, 0.1) is 0 Å². The van der Waals surface area contributed by atoms with Crippen LogP contribution in [0.5, 0.6) is 0 Å². The third-order valence-electron chi connectivity index (χ3n) is 10.1. The van der Waals surface area contributed by atoms with Crippen LogP contribution in [0.25, 0.3) is 66.1 Å². The summed E-state index contributed by atoms with van der Waals surface area (Å²) in [7, 11) is 0. The van der Waals surface area contributed by atoms with Crippen molar-refractivity contribution >= 4 is 49.6 Å². The van der Waals surface area contributed by atoms with Gasteiger partial charge in [0.15, 0.2) is 0 Å². The van der Waals surface area contributed by atoms with Gasteiger partial charge in [-0.3, -0.25) is 0 Å². The maximum atomic E-state index is 6.68. The first kappa shape index (κ1) is 31.6. The maximum Gasteiger partial charge on any atom is 0.139 e. The fourth-order valence-corrected chi connectivity index (χ4v) is 7.73. The molecule has 0 radical (unpaired) electrons. The smallest absolute Gasteiger partial charge is 0.139 e. The third kappa shape index (κ3) is 5.63. The van der Waals surface area contributed by atoms with Crippen molar-refractivity contribution < 1.29 is 4.42 Å². The summed E-state index contributed by atoms with van der Waals surface area (Å²) >= 11 is 0. The summed E-state index contributed by atoms with van der Waals surface area (Å²) < 4.78 is 6.68. The Kier molecular flexibility index (Phi) is 7.74. The first-order valence-corrected chi connectivity index (χ1v) is 18.0. The SMILES string of the molecule is CC(C)(C)c1c(-c2cccc(N(c3ccc4c(ccc5ccccc54)c3)c3ccccc3-c3ccc(-c4ccccc4)cc3)c2)oc2ccccc12. The molecular formula is C50H39NO. The van der Waals surface area contributed by atoms with E-state index >= 15 is 0 Å². The van der Waals surface area contributed by atoms with Gasteiger partial charge >= 0.3 is 0 Å². The first-order chi connectivity index (χ1) is 25.4. The highest BCUT2D eigenvalue weighted by atomic mass is 16.3. The topological polar surface area (TPSA) is 16.4 Å². The van der Waals surface area contributed by atoms with Gasteiger partial charge in [0.2, 0.25) is 0 Å². The predicted molar refractivity (Wildman–Crippen MR) is 221 cm³/mol. The van der Waals surface area contributed by atoms with Crippen molar-refractivity contribution in [2.75, 3.05) is 4.90 Å². The normalized spacial score (nSPS) is 11.8. The predicted octanol–water partition coefficient (Wildman–Crippen LogP) is 14.5. The van der Waals surface area contributed by atoms with Crippen molar-refractivity contribution in [3.8, 4) is 33.6 Å². The van der Waals surface area contributed by atoms with Crippen LogP contribution in [-0.4, -0.2) is 0 Å². The molecule has 0 N–H and O–H groups in total. The van der Waals surface area contributed by atoms with Crippen LogP contribution in [0.2, 0.25) is 0 Å². The first-order valence-electron chi connectivity index (χ1n) is 18.0. The van der Waals surface area contributed by atoms with Crippen LogP contribution in [0.3, 0.4) is 0 Å². The van der Waals surface area contributed by atoms with Crippen LogP contribution in [0.4, 0.5) is 17.1 Å². The summed E-state index contributed by atoms with van der Waals surface area (Å²) in [5.41, 5.74) is 11.1. The molecule has 0 saturated heterocycles. The summed E-state index contributed by atoms with van der Waals surface area (Å²) in [4.78, 5) is 2.40. The number of anilines is 3. The van der Waals surface area contributed by atoms with Gasteiger partial charge in [-0.15, -0.1) is 0 Å². The second-order valence-electron chi connectivity index (χ2n) is 14.6. The molecule has 0 fully saturated rings. The average molecular weight is 670 g/mol. The minimum atomic E-state index is -0.114. The van der Waals surface area contributed by atoms with Gasteiger partial charge in [0, 0.05) is 33.5 Å². The van der Waals surface area contributed by atoms with E-state index in [1.165, 1.54) is 43.6 Å². The van der Waals surface area contributed by atoms with Crippen molar-refractivity contribution in [2.24, 2.45) is 0 Å². The van der Waals surface area contributed by atoms with Crippen molar-refractivity contribution in [3.05, 3.63) is 188 Å². The Hall–Kier alpha value is -6.38. The zero-order chi connectivity index (χ0) is 35.2. The molecule has 2 nitrogen and oxygen atoms in total. The summed E-state index contributed by atoms with van der Waals surface area (Å²) in [6.45, 7) is 6.80. The molecule has 8 aromatic carbocycles. The molecule has 9 aromatic rings. The number of hydrogen-bond donors (Lipinski definition) is 0. The molecule has 0 unspecified atom stereocenters. The van der Waals surface area contributed by atoms with Gasteiger partial charge in [0.25, 0.3) is 0 Å². The molecule has 52 heavy (non-hydrogen) atoms. The number of para-hydroxylation sites is 2. The van der Waals surface area contributed by atoms with Crippen molar-refractivity contribution in [2.45, 2.75) is 26.2 Å². The number of fused-ring (bicyclic) bond motifs is 4. The van der Waals surface area contributed by atoms with Crippen LogP contribution >= 0.6 is 0 Å².